The zero-order valence-corrected chi connectivity index (χ0v) is 5.14. The molecule has 0 aliphatic rings. The Balaban J connectivity index is 3.30. The van der Waals surface area contributed by atoms with E-state index < -0.39 is 11.8 Å². The van der Waals surface area contributed by atoms with E-state index >= 15 is 0 Å². The normalized spacial score (nSPS) is 9.40. The van der Waals surface area contributed by atoms with Crippen LogP contribution in [0, 0.1) is 11.8 Å². The maximum Gasteiger partial charge on any atom is 0.223 e. The maximum absolute atomic E-state index is 12.5. The van der Waals surface area contributed by atoms with Crippen LogP contribution in [0.4, 0.5) is 8.78 Å². The number of halogens is 2. The Labute approximate surface area is 57.0 Å². The van der Waals surface area contributed by atoms with Crippen molar-refractivity contribution in [3.05, 3.63) is 36.2 Å². The van der Waals surface area contributed by atoms with Gasteiger partial charge in [-0.1, -0.05) is 12.7 Å². The highest BCUT2D eigenvalue weighted by Gasteiger charge is 2.03. The molecule has 1 nitrogen and oxygen atoms in total. The molecular formula is C7H5F2N. The Kier molecular flexibility index (Phi) is 1.76. The fraction of sp³-hybridized carbons (Fsp3) is 0. The third-order valence-electron chi connectivity index (χ3n) is 1.09. The predicted molar refractivity (Wildman–Crippen MR) is 34.2 cm³/mol. The molecule has 10 heavy (non-hydrogen) atoms. The summed E-state index contributed by atoms with van der Waals surface area (Å²) in [7, 11) is 0. The molecule has 0 unspecified atom stereocenters. The summed E-state index contributed by atoms with van der Waals surface area (Å²) < 4.78 is 24.9. The van der Waals surface area contributed by atoms with E-state index in [0.29, 0.717) is 0 Å². The summed E-state index contributed by atoms with van der Waals surface area (Å²) in [5, 5.41) is 0. The van der Waals surface area contributed by atoms with Crippen molar-refractivity contribution in [1.29, 1.82) is 0 Å². The number of nitrogens with zero attached hydrogens (tertiary/aromatic N) is 1. The minimum Gasteiger partial charge on any atom is -0.228 e. The van der Waals surface area contributed by atoms with Crippen LogP contribution in [0.1, 0.15) is 5.56 Å². The zero-order valence-electron chi connectivity index (χ0n) is 5.14. The number of aromatic nitrogens is 1. The quantitative estimate of drug-likeness (QED) is 0.545. The number of pyridine rings is 1. The van der Waals surface area contributed by atoms with Crippen molar-refractivity contribution in [3.63, 3.8) is 0 Å². The van der Waals surface area contributed by atoms with Crippen molar-refractivity contribution in [2.75, 3.05) is 0 Å². The molecule has 0 aliphatic heterocycles. The van der Waals surface area contributed by atoms with E-state index in [1.165, 1.54) is 0 Å². The second-order valence-electron chi connectivity index (χ2n) is 1.70. The lowest BCUT2D eigenvalue weighted by Gasteiger charge is -1.94. The van der Waals surface area contributed by atoms with Gasteiger partial charge in [-0.15, -0.1) is 0 Å². The maximum atomic E-state index is 12.5. The van der Waals surface area contributed by atoms with Crippen molar-refractivity contribution in [2.45, 2.75) is 0 Å². The molecule has 0 bridgehead atoms. The van der Waals surface area contributed by atoms with Crippen molar-refractivity contribution < 1.29 is 8.78 Å². The largest absolute Gasteiger partial charge is 0.228 e. The third-order valence-corrected chi connectivity index (χ3v) is 1.09. The summed E-state index contributed by atoms with van der Waals surface area (Å²) in [5.41, 5.74) is -0.178. The van der Waals surface area contributed by atoms with Crippen LogP contribution in [0.5, 0.6) is 0 Å². The van der Waals surface area contributed by atoms with Gasteiger partial charge in [0.1, 0.15) is 5.82 Å². The second-order valence-corrected chi connectivity index (χ2v) is 1.70. The Morgan fingerprint density at radius 2 is 2.20 bits per heavy atom. The van der Waals surface area contributed by atoms with Crippen molar-refractivity contribution in [3.8, 4) is 0 Å². The highest BCUT2D eigenvalue weighted by atomic mass is 19.1. The van der Waals surface area contributed by atoms with Gasteiger partial charge in [0.25, 0.3) is 0 Å². The van der Waals surface area contributed by atoms with Crippen LogP contribution in [-0.4, -0.2) is 4.98 Å². The fourth-order valence-electron chi connectivity index (χ4n) is 0.608. The lowest BCUT2D eigenvalue weighted by atomic mass is 10.2. The van der Waals surface area contributed by atoms with Gasteiger partial charge in [-0.05, 0) is 6.07 Å². The molecule has 0 saturated carbocycles. The van der Waals surface area contributed by atoms with Gasteiger partial charge in [0.05, 0.1) is 5.56 Å². The van der Waals surface area contributed by atoms with Crippen LogP contribution in [0.2, 0.25) is 0 Å². The SMILES string of the molecule is C=Cc1c(F)ccnc1F. The number of hydrogen-bond acceptors (Lipinski definition) is 1. The molecule has 0 atom stereocenters. The molecule has 0 amide bonds. The molecule has 3 heteroatoms. The van der Waals surface area contributed by atoms with Gasteiger partial charge in [-0.25, -0.2) is 9.37 Å². The van der Waals surface area contributed by atoms with E-state index in [2.05, 4.69) is 11.6 Å². The highest BCUT2D eigenvalue weighted by Crippen LogP contribution is 2.09. The molecule has 0 spiro atoms. The van der Waals surface area contributed by atoms with E-state index in [-0.39, 0.29) is 5.56 Å². The molecule has 1 heterocycles. The van der Waals surface area contributed by atoms with Gasteiger partial charge in [0.15, 0.2) is 0 Å². The summed E-state index contributed by atoms with van der Waals surface area (Å²) in [4.78, 5) is 3.23. The molecule has 1 aromatic heterocycles. The number of rotatable bonds is 1. The van der Waals surface area contributed by atoms with Crippen LogP contribution < -0.4 is 0 Å². The molecule has 0 aliphatic carbocycles. The third kappa shape index (κ3) is 1.03. The first-order valence-corrected chi connectivity index (χ1v) is 2.68. The number of hydrogen-bond donors (Lipinski definition) is 0. The Morgan fingerprint density at radius 3 is 2.60 bits per heavy atom. The van der Waals surface area contributed by atoms with Crippen molar-refractivity contribution >= 4 is 6.08 Å². The van der Waals surface area contributed by atoms with Crippen LogP contribution in [0.3, 0.4) is 0 Å². The van der Waals surface area contributed by atoms with E-state index in [0.717, 1.165) is 18.3 Å². The Morgan fingerprint density at radius 1 is 1.50 bits per heavy atom. The molecule has 1 aromatic rings. The average Bonchev–Trinajstić information content (AvgIpc) is 1.88. The van der Waals surface area contributed by atoms with Gasteiger partial charge in [-0.3, -0.25) is 0 Å². The minimum absolute atomic E-state index is 0.178. The van der Waals surface area contributed by atoms with Crippen molar-refractivity contribution in [2.24, 2.45) is 0 Å². The summed E-state index contributed by atoms with van der Waals surface area (Å²) in [6.07, 6.45) is 2.16. The highest BCUT2D eigenvalue weighted by molar-refractivity contribution is 5.46. The van der Waals surface area contributed by atoms with E-state index in [9.17, 15) is 8.78 Å². The van der Waals surface area contributed by atoms with Crippen LogP contribution in [0.15, 0.2) is 18.8 Å². The van der Waals surface area contributed by atoms with Crippen LogP contribution in [-0.2, 0) is 0 Å². The van der Waals surface area contributed by atoms with E-state index in [1.807, 2.05) is 0 Å². The summed E-state index contributed by atoms with van der Waals surface area (Å²) >= 11 is 0. The van der Waals surface area contributed by atoms with E-state index in [4.69, 9.17) is 0 Å². The van der Waals surface area contributed by atoms with Gasteiger partial charge in [0.2, 0.25) is 5.95 Å². The second kappa shape index (κ2) is 2.56. The molecule has 0 N–H and O–H groups in total. The topological polar surface area (TPSA) is 12.9 Å². The van der Waals surface area contributed by atoms with Crippen LogP contribution in [0.25, 0.3) is 6.08 Å². The standard InChI is InChI=1S/C7H5F2N/c1-2-5-6(8)3-4-10-7(5)9/h2-4H,1H2. The molecule has 0 saturated heterocycles. The van der Waals surface area contributed by atoms with Gasteiger partial charge < -0.3 is 0 Å². The van der Waals surface area contributed by atoms with E-state index in [1.54, 1.807) is 0 Å². The molecule has 0 fully saturated rings. The lowest BCUT2D eigenvalue weighted by molar-refractivity contribution is 0.547. The molecular weight excluding hydrogens is 136 g/mol. The van der Waals surface area contributed by atoms with Gasteiger partial charge >= 0.3 is 0 Å². The van der Waals surface area contributed by atoms with Gasteiger partial charge in [-0.2, -0.15) is 4.39 Å². The first-order valence-electron chi connectivity index (χ1n) is 2.68. The monoisotopic (exact) mass is 141 g/mol. The van der Waals surface area contributed by atoms with Crippen molar-refractivity contribution in [1.82, 2.24) is 4.98 Å². The average molecular weight is 141 g/mol. The predicted octanol–water partition coefficient (Wildman–Crippen LogP) is 2.00. The lowest BCUT2D eigenvalue weighted by Crippen LogP contribution is -1.90. The fourth-order valence-corrected chi connectivity index (χ4v) is 0.608. The zero-order chi connectivity index (χ0) is 7.56. The molecule has 52 valence electrons. The Hall–Kier alpha value is -1.25. The van der Waals surface area contributed by atoms with Crippen LogP contribution >= 0.6 is 0 Å². The smallest absolute Gasteiger partial charge is 0.223 e. The first kappa shape index (κ1) is 6.86. The summed E-state index contributed by atoms with van der Waals surface area (Å²) in [6.45, 7) is 3.23. The van der Waals surface area contributed by atoms with Gasteiger partial charge in [0, 0.05) is 6.20 Å². The molecule has 0 radical (unpaired) electrons. The Bertz CT molecular complexity index is 238. The first-order chi connectivity index (χ1) is 4.75. The molecule has 0 aromatic carbocycles. The summed E-state index contributed by atoms with van der Waals surface area (Å²) in [6, 6.07) is 1.08. The molecule has 1 rings (SSSR count). The summed E-state index contributed by atoms with van der Waals surface area (Å²) in [5.74, 6) is -1.46. The minimum atomic E-state index is -0.824.